The lowest BCUT2D eigenvalue weighted by atomic mass is 9.93. The van der Waals surface area contributed by atoms with Crippen LogP contribution in [0.5, 0.6) is 0 Å². The lowest BCUT2D eigenvalue weighted by Crippen LogP contribution is -2.70. The molecule has 3 aromatic rings. The van der Waals surface area contributed by atoms with Gasteiger partial charge in [0.2, 0.25) is 5.91 Å². The fourth-order valence-electron chi connectivity index (χ4n) is 5.33. The number of hydrogen-bond donors (Lipinski definition) is 0. The number of halogens is 3. The van der Waals surface area contributed by atoms with E-state index in [4.69, 9.17) is 23.2 Å². The molecule has 0 radical (unpaired) electrons. The molecule has 0 aliphatic carbocycles. The maximum absolute atomic E-state index is 15.0. The highest BCUT2D eigenvalue weighted by molar-refractivity contribution is 6.34. The lowest BCUT2D eigenvalue weighted by Gasteiger charge is -2.54. The third kappa shape index (κ3) is 4.07. The molecule has 188 valence electrons. The summed E-state index contributed by atoms with van der Waals surface area (Å²) in [6, 6.07) is 8.11. The summed E-state index contributed by atoms with van der Waals surface area (Å²) in [4.78, 5) is 31.7. The second-order valence-electron chi connectivity index (χ2n) is 9.34. The number of piperazine rings is 1. The van der Waals surface area contributed by atoms with Crippen LogP contribution in [0.4, 0.5) is 4.39 Å². The highest BCUT2D eigenvalue weighted by atomic mass is 35.5. The number of likely N-dealkylation sites (tertiary alicyclic amines) is 1. The number of hydrogen-bond acceptors (Lipinski definition) is 4. The van der Waals surface area contributed by atoms with Crippen molar-refractivity contribution in [3.05, 3.63) is 70.7 Å². The van der Waals surface area contributed by atoms with Gasteiger partial charge in [0.15, 0.2) is 5.69 Å². The number of aromatic nitrogens is 2. The lowest BCUT2D eigenvalue weighted by molar-refractivity contribution is -0.141. The molecule has 1 aromatic carbocycles. The molecule has 0 bridgehead atoms. The van der Waals surface area contributed by atoms with Crippen LogP contribution < -0.4 is 0 Å². The molecule has 36 heavy (non-hydrogen) atoms. The zero-order chi connectivity index (χ0) is 25.7. The van der Waals surface area contributed by atoms with Gasteiger partial charge >= 0.3 is 0 Å². The van der Waals surface area contributed by atoms with E-state index >= 15 is 4.39 Å². The number of rotatable bonds is 4. The minimum atomic E-state index is -0.540. The highest BCUT2D eigenvalue weighted by Gasteiger charge is 2.44. The Morgan fingerprint density at radius 3 is 2.58 bits per heavy atom. The Morgan fingerprint density at radius 2 is 1.92 bits per heavy atom. The molecule has 10 heteroatoms. The Hall–Kier alpha value is -2.94. The van der Waals surface area contributed by atoms with E-state index in [1.807, 2.05) is 6.92 Å². The van der Waals surface area contributed by atoms with E-state index in [0.717, 1.165) is 0 Å². The topological polar surface area (TPSA) is 61.2 Å². The summed E-state index contributed by atoms with van der Waals surface area (Å²) in [6.45, 7) is 9.95. The van der Waals surface area contributed by atoms with Crippen LogP contribution in [0.2, 0.25) is 10.0 Å². The number of fused-ring (bicyclic) bond motifs is 1. The summed E-state index contributed by atoms with van der Waals surface area (Å²) in [5, 5.41) is 5.15. The molecular weight excluding hydrogens is 504 g/mol. The molecule has 4 heterocycles. The van der Waals surface area contributed by atoms with Gasteiger partial charge in [-0.25, -0.2) is 8.91 Å². The van der Waals surface area contributed by atoms with E-state index in [1.165, 1.54) is 22.7 Å². The predicted octanol–water partition coefficient (Wildman–Crippen LogP) is 4.38. The van der Waals surface area contributed by atoms with Gasteiger partial charge in [-0.1, -0.05) is 35.8 Å². The minimum absolute atomic E-state index is 0.0634. The first-order valence-corrected chi connectivity index (χ1v) is 12.6. The van der Waals surface area contributed by atoms with Crippen molar-refractivity contribution in [3.8, 4) is 11.1 Å². The van der Waals surface area contributed by atoms with Crippen molar-refractivity contribution in [3.63, 3.8) is 0 Å². The monoisotopic (exact) mass is 529 g/mol. The zero-order valence-corrected chi connectivity index (χ0v) is 21.5. The first-order valence-electron chi connectivity index (χ1n) is 11.8. The number of carbonyl (C=O) groups is 2. The summed E-state index contributed by atoms with van der Waals surface area (Å²) < 4.78 is 16.5. The maximum atomic E-state index is 15.0. The van der Waals surface area contributed by atoms with Crippen molar-refractivity contribution in [2.45, 2.75) is 32.0 Å². The molecule has 0 spiro atoms. The largest absolute Gasteiger partial charge is 0.334 e. The Morgan fingerprint density at radius 1 is 1.14 bits per heavy atom. The van der Waals surface area contributed by atoms with Crippen LogP contribution in [0.1, 0.15) is 24.3 Å². The molecule has 5 rings (SSSR count). The molecule has 2 amide bonds. The summed E-state index contributed by atoms with van der Waals surface area (Å²) in [6.07, 6.45) is 2.98. The standard InChI is InChI=1S/C26H26Cl2FN5O2/c1-4-22(35)33-14-21(16(33)3)32-11-10-31(13-15(32)2)26(36)25-24(23-18(28)6-5-7-19(23)29)20-12-17(27)8-9-34(20)30-25/h4-9,12,15-16,21H,1,10-11,13-14H2,2-3H3/t15-,16+,21+/m0/s1. The molecule has 0 saturated carbocycles. The molecule has 2 saturated heterocycles. The molecule has 2 aromatic heterocycles. The smallest absolute Gasteiger partial charge is 0.275 e. The maximum Gasteiger partial charge on any atom is 0.275 e. The summed E-state index contributed by atoms with van der Waals surface area (Å²) in [5.41, 5.74) is 1.08. The molecule has 0 N–H and O–H groups in total. The van der Waals surface area contributed by atoms with Crippen LogP contribution in [0, 0.1) is 5.82 Å². The van der Waals surface area contributed by atoms with E-state index in [2.05, 4.69) is 23.5 Å². The summed E-state index contributed by atoms with van der Waals surface area (Å²) >= 11 is 12.6. The molecular formula is C26H26Cl2FN5O2. The Labute approximate surface area is 218 Å². The first kappa shape index (κ1) is 24.7. The van der Waals surface area contributed by atoms with Gasteiger partial charge in [0, 0.05) is 66.7 Å². The van der Waals surface area contributed by atoms with Crippen LogP contribution in [0.3, 0.4) is 0 Å². The van der Waals surface area contributed by atoms with Crippen LogP contribution in [0.15, 0.2) is 49.2 Å². The van der Waals surface area contributed by atoms with Gasteiger partial charge in [0.1, 0.15) is 5.82 Å². The van der Waals surface area contributed by atoms with Gasteiger partial charge in [-0.2, -0.15) is 5.10 Å². The van der Waals surface area contributed by atoms with Gasteiger partial charge in [-0.15, -0.1) is 0 Å². The van der Waals surface area contributed by atoms with Crippen LogP contribution >= 0.6 is 23.2 Å². The predicted molar refractivity (Wildman–Crippen MR) is 138 cm³/mol. The SMILES string of the molecule is C=CC(=O)N1C[C@@H](N2CCN(C(=O)c3nn4ccc(Cl)cc4c3-c3c(F)cccc3Cl)C[C@@H]2C)[C@H]1C. The van der Waals surface area contributed by atoms with Crippen molar-refractivity contribution in [2.75, 3.05) is 26.2 Å². The van der Waals surface area contributed by atoms with E-state index in [-0.39, 0.29) is 46.2 Å². The van der Waals surface area contributed by atoms with Crippen LogP contribution in [0.25, 0.3) is 16.6 Å². The number of pyridine rings is 1. The molecule has 0 unspecified atom stereocenters. The van der Waals surface area contributed by atoms with Crippen LogP contribution in [-0.4, -0.2) is 80.4 Å². The first-order chi connectivity index (χ1) is 17.2. The van der Waals surface area contributed by atoms with Gasteiger partial charge in [0.05, 0.1) is 10.5 Å². The number of nitrogens with zero attached hydrogens (tertiary/aromatic N) is 5. The molecule has 7 nitrogen and oxygen atoms in total. The molecule has 3 atom stereocenters. The molecule has 2 aliphatic heterocycles. The van der Waals surface area contributed by atoms with Crippen molar-refractivity contribution in [1.82, 2.24) is 24.3 Å². The molecule has 2 aliphatic rings. The second kappa shape index (κ2) is 9.50. The fraction of sp³-hybridized carbons (Fsp3) is 0.346. The highest BCUT2D eigenvalue weighted by Crippen LogP contribution is 2.37. The van der Waals surface area contributed by atoms with E-state index < -0.39 is 5.82 Å². The summed E-state index contributed by atoms with van der Waals surface area (Å²) in [7, 11) is 0. The van der Waals surface area contributed by atoms with E-state index in [0.29, 0.717) is 42.3 Å². The average molecular weight is 530 g/mol. The van der Waals surface area contributed by atoms with Crippen molar-refractivity contribution < 1.29 is 14.0 Å². The van der Waals surface area contributed by atoms with Gasteiger partial charge < -0.3 is 9.80 Å². The Bertz CT molecular complexity index is 1360. The summed E-state index contributed by atoms with van der Waals surface area (Å²) in [5.74, 6) is -0.894. The Balaban J connectivity index is 1.44. The molecule has 2 fully saturated rings. The third-order valence-electron chi connectivity index (χ3n) is 7.29. The van der Waals surface area contributed by atoms with Gasteiger partial charge in [-0.05, 0) is 44.2 Å². The zero-order valence-electron chi connectivity index (χ0n) is 20.0. The quantitative estimate of drug-likeness (QED) is 0.470. The van der Waals surface area contributed by atoms with Crippen molar-refractivity contribution >= 4 is 40.5 Å². The third-order valence-corrected chi connectivity index (χ3v) is 7.84. The normalized spacial score (nSPS) is 22.5. The number of carbonyl (C=O) groups excluding carboxylic acids is 2. The van der Waals surface area contributed by atoms with Crippen LogP contribution in [-0.2, 0) is 4.79 Å². The number of amides is 2. The second-order valence-corrected chi connectivity index (χ2v) is 10.2. The fourth-order valence-corrected chi connectivity index (χ4v) is 5.75. The number of benzene rings is 1. The minimum Gasteiger partial charge on any atom is -0.334 e. The van der Waals surface area contributed by atoms with Gasteiger partial charge in [0.25, 0.3) is 5.91 Å². The van der Waals surface area contributed by atoms with Crippen molar-refractivity contribution in [2.24, 2.45) is 0 Å². The van der Waals surface area contributed by atoms with E-state index in [9.17, 15) is 9.59 Å². The van der Waals surface area contributed by atoms with Gasteiger partial charge in [-0.3, -0.25) is 14.5 Å². The van der Waals surface area contributed by atoms with E-state index in [1.54, 1.807) is 34.2 Å². The Kier molecular flexibility index (Phi) is 6.53. The average Bonchev–Trinajstić information content (AvgIpc) is 3.21. The van der Waals surface area contributed by atoms with Crippen molar-refractivity contribution in [1.29, 1.82) is 0 Å².